The van der Waals surface area contributed by atoms with Gasteiger partial charge in [-0.25, -0.2) is 0 Å². The second kappa shape index (κ2) is 8.14. The van der Waals surface area contributed by atoms with Gasteiger partial charge in [0.05, 0.1) is 13.1 Å². The van der Waals surface area contributed by atoms with Gasteiger partial charge in [-0.1, -0.05) is 5.16 Å². The Balaban J connectivity index is 1.96. The standard InChI is InChI=1S/C15H28N6O/c1-5-16-15(21(4)11-13-6-9-22-18-13)17-10-14-12-19(2)7-8-20(14)3/h6,9,14H,5,7-8,10-12H2,1-4H3,(H,16,17). The SMILES string of the molecule is CCNC(=NCC1CN(C)CCN1C)N(C)Cc1ccon1. The van der Waals surface area contributed by atoms with Crippen LogP contribution in [0.1, 0.15) is 12.6 Å². The first kappa shape index (κ1) is 16.8. The minimum atomic E-state index is 0.466. The molecule has 0 radical (unpaired) electrons. The molecule has 1 atom stereocenters. The lowest BCUT2D eigenvalue weighted by Gasteiger charge is -2.37. The Hall–Kier alpha value is -1.60. The van der Waals surface area contributed by atoms with E-state index in [0.29, 0.717) is 12.6 Å². The van der Waals surface area contributed by atoms with E-state index in [-0.39, 0.29) is 0 Å². The summed E-state index contributed by atoms with van der Waals surface area (Å²) < 4.78 is 4.89. The number of hydrogen-bond acceptors (Lipinski definition) is 5. The van der Waals surface area contributed by atoms with Crippen molar-refractivity contribution in [2.24, 2.45) is 4.99 Å². The highest BCUT2D eigenvalue weighted by atomic mass is 16.5. The average Bonchev–Trinajstić information content (AvgIpc) is 2.99. The van der Waals surface area contributed by atoms with E-state index in [1.54, 1.807) is 6.26 Å². The van der Waals surface area contributed by atoms with Gasteiger partial charge >= 0.3 is 0 Å². The van der Waals surface area contributed by atoms with Crippen LogP contribution >= 0.6 is 0 Å². The Morgan fingerprint density at radius 2 is 2.32 bits per heavy atom. The number of guanidine groups is 1. The van der Waals surface area contributed by atoms with E-state index < -0.39 is 0 Å². The van der Waals surface area contributed by atoms with E-state index in [9.17, 15) is 0 Å². The molecule has 124 valence electrons. The molecule has 1 aromatic heterocycles. The van der Waals surface area contributed by atoms with Crippen LogP contribution in [0.5, 0.6) is 0 Å². The molecule has 22 heavy (non-hydrogen) atoms. The molecule has 2 rings (SSSR count). The van der Waals surface area contributed by atoms with Crippen molar-refractivity contribution >= 4 is 5.96 Å². The van der Waals surface area contributed by atoms with Gasteiger partial charge in [-0.3, -0.25) is 9.89 Å². The zero-order valence-electron chi connectivity index (χ0n) is 14.1. The summed E-state index contributed by atoms with van der Waals surface area (Å²) in [4.78, 5) is 11.6. The minimum absolute atomic E-state index is 0.466. The van der Waals surface area contributed by atoms with Crippen molar-refractivity contribution in [3.05, 3.63) is 18.0 Å². The van der Waals surface area contributed by atoms with Crippen LogP contribution in [0.3, 0.4) is 0 Å². The zero-order valence-corrected chi connectivity index (χ0v) is 14.1. The Bertz CT molecular complexity index is 461. The summed E-state index contributed by atoms with van der Waals surface area (Å²) >= 11 is 0. The van der Waals surface area contributed by atoms with E-state index in [4.69, 9.17) is 9.52 Å². The molecule has 0 saturated carbocycles. The molecule has 1 saturated heterocycles. The Labute approximate surface area is 132 Å². The number of nitrogens with zero attached hydrogens (tertiary/aromatic N) is 5. The third-order valence-corrected chi connectivity index (χ3v) is 4.02. The predicted molar refractivity (Wildman–Crippen MR) is 87.9 cm³/mol. The van der Waals surface area contributed by atoms with Crippen LogP contribution in [-0.2, 0) is 6.54 Å². The van der Waals surface area contributed by atoms with Gasteiger partial charge in [-0.15, -0.1) is 0 Å². The van der Waals surface area contributed by atoms with Crippen LogP contribution in [0.15, 0.2) is 21.8 Å². The number of piperazine rings is 1. The van der Waals surface area contributed by atoms with E-state index in [2.05, 4.69) is 46.2 Å². The quantitative estimate of drug-likeness (QED) is 0.624. The van der Waals surface area contributed by atoms with Gasteiger partial charge in [0.1, 0.15) is 12.0 Å². The molecular formula is C15H28N6O. The maximum absolute atomic E-state index is 4.89. The summed E-state index contributed by atoms with van der Waals surface area (Å²) in [6.07, 6.45) is 1.60. The summed E-state index contributed by atoms with van der Waals surface area (Å²) in [7, 11) is 6.37. The maximum Gasteiger partial charge on any atom is 0.194 e. The minimum Gasteiger partial charge on any atom is -0.364 e. The molecule has 1 fully saturated rings. The molecule has 7 nitrogen and oxygen atoms in total. The second-order valence-electron chi connectivity index (χ2n) is 5.94. The van der Waals surface area contributed by atoms with Crippen LogP contribution in [0, 0.1) is 0 Å². The van der Waals surface area contributed by atoms with Crippen molar-refractivity contribution in [3.8, 4) is 0 Å². The fraction of sp³-hybridized carbons (Fsp3) is 0.733. The van der Waals surface area contributed by atoms with Crippen LogP contribution in [0.25, 0.3) is 0 Å². The molecule has 0 aliphatic carbocycles. The third-order valence-electron chi connectivity index (χ3n) is 4.02. The number of aliphatic imine (C=N–C) groups is 1. The lowest BCUT2D eigenvalue weighted by molar-refractivity contribution is 0.119. The monoisotopic (exact) mass is 308 g/mol. The third kappa shape index (κ3) is 4.71. The first-order valence-corrected chi connectivity index (χ1v) is 7.87. The zero-order chi connectivity index (χ0) is 15.9. The smallest absolute Gasteiger partial charge is 0.194 e. The summed E-state index contributed by atoms with van der Waals surface area (Å²) in [6, 6.07) is 2.34. The van der Waals surface area contributed by atoms with Crippen molar-refractivity contribution < 1.29 is 4.52 Å². The van der Waals surface area contributed by atoms with Gasteiger partial charge in [-0.05, 0) is 21.0 Å². The van der Waals surface area contributed by atoms with Crippen molar-refractivity contribution in [1.82, 2.24) is 25.2 Å². The highest BCUT2D eigenvalue weighted by Crippen LogP contribution is 2.07. The molecule has 2 heterocycles. The highest BCUT2D eigenvalue weighted by Gasteiger charge is 2.22. The molecular weight excluding hydrogens is 280 g/mol. The lowest BCUT2D eigenvalue weighted by Crippen LogP contribution is -2.51. The maximum atomic E-state index is 4.89. The van der Waals surface area contributed by atoms with Crippen molar-refractivity contribution in [1.29, 1.82) is 0 Å². The number of aromatic nitrogens is 1. The van der Waals surface area contributed by atoms with Gasteiger partial charge in [-0.2, -0.15) is 0 Å². The number of likely N-dealkylation sites (N-methyl/N-ethyl adjacent to an activating group) is 2. The Kier molecular flexibility index (Phi) is 6.21. The van der Waals surface area contributed by atoms with Crippen LogP contribution in [0.2, 0.25) is 0 Å². The Morgan fingerprint density at radius 1 is 1.50 bits per heavy atom. The number of rotatable bonds is 5. The molecule has 1 aliphatic rings. The molecule has 1 N–H and O–H groups in total. The highest BCUT2D eigenvalue weighted by molar-refractivity contribution is 5.79. The molecule has 0 bridgehead atoms. The Morgan fingerprint density at radius 3 is 3.00 bits per heavy atom. The number of hydrogen-bond donors (Lipinski definition) is 1. The van der Waals surface area contributed by atoms with Gasteiger partial charge in [0, 0.05) is 45.3 Å². The molecule has 1 unspecified atom stereocenters. The van der Waals surface area contributed by atoms with Crippen molar-refractivity contribution in [2.75, 3.05) is 53.9 Å². The molecule has 0 aromatic carbocycles. The molecule has 0 spiro atoms. The van der Waals surface area contributed by atoms with Crippen LogP contribution in [0.4, 0.5) is 0 Å². The average molecular weight is 308 g/mol. The van der Waals surface area contributed by atoms with Gasteiger partial charge in [0.2, 0.25) is 0 Å². The van der Waals surface area contributed by atoms with Gasteiger partial charge in [0.25, 0.3) is 0 Å². The van der Waals surface area contributed by atoms with E-state index in [1.165, 1.54) is 0 Å². The van der Waals surface area contributed by atoms with Gasteiger partial charge < -0.3 is 19.6 Å². The van der Waals surface area contributed by atoms with Crippen LogP contribution < -0.4 is 5.32 Å². The molecule has 1 aromatic rings. The molecule has 7 heteroatoms. The van der Waals surface area contributed by atoms with E-state index in [0.717, 1.165) is 44.4 Å². The fourth-order valence-corrected chi connectivity index (χ4v) is 2.60. The van der Waals surface area contributed by atoms with Crippen molar-refractivity contribution in [3.63, 3.8) is 0 Å². The number of nitrogens with one attached hydrogen (secondary N) is 1. The topological polar surface area (TPSA) is 60.1 Å². The first-order valence-electron chi connectivity index (χ1n) is 7.87. The molecule has 1 aliphatic heterocycles. The van der Waals surface area contributed by atoms with E-state index >= 15 is 0 Å². The predicted octanol–water partition coefficient (Wildman–Crippen LogP) is 0.318. The van der Waals surface area contributed by atoms with Crippen molar-refractivity contribution in [2.45, 2.75) is 19.5 Å². The summed E-state index contributed by atoms with van der Waals surface area (Å²) in [5.74, 6) is 0.909. The second-order valence-corrected chi connectivity index (χ2v) is 5.94. The lowest BCUT2D eigenvalue weighted by atomic mass is 10.2. The fourth-order valence-electron chi connectivity index (χ4n) is 2.60. The van der Waals surface area contributed by atoms with E-state index in [1.807, 2.05) is 13.1 Å². The normalized spacial score (nSPS) is 21.1. The summed E-state index contributed by atoms with van der Waals surface area (Å²) in [6.45, 7) is 7.70. The van der Waals surface area contributed by atoms with Gasteiger partial charge in [0.15, 0.2) is 5.96 Å². The van der Waals surface area contributed by atoms with Crippen LogP contribution in [-0.4, -0.2) is 85.7 Å². The molecule has 0 amide bonds. The summed E-state index contributed by atoms with van der Waals surface area (Å²) in [5.41, 5.74) is 0.905. The largest absolute Gasteiger partial charge is 0.364 e. The first-order chi connectivity index (χ1) is 10.6. The summed E-state index contributed by atoms with van der Waals surface area (Å²) in [5, 5.41) is 7.30.